The summed E-state index contributed by atoms with van der Waals surface area (Å²) in [6.07, 6.45) is 2.32. The summed E-state index contributed by atoms with van der Waals surface area (Å²) in [5, 5.41) is 12.6. The zero-order valence-corrected chi connectivity index (χ0v) is 10.3. The normalized spacial score (nSPS) is 16.8. The molecule has 1 heterocycles. The third kappa shape index (κ3) is 2.78. The summed E-state index contributed by atoms with van der Waals surface area (Å²) >= 11 is 0. The molecule has 1 aliphatic heterocycles. The minimum absolute atomic E-state index is 0.644. The van der Waals surface area contributed by atoms with Gasteiger partial charge in [0.1, 0.15) is 6.07 Å². The highest BCUT2D eigenvalue weighted by Gasteiger charge is 2.19. The largest absolute Gasteiger partial charge is 0.370 e. The fourth-order valence-electron chi connectivity index (χ4n) is 2.46. The summed E-state index contributed by atoms with van der Waals surface area (Å²) in [6.45, 7) is 5.27. The van der Waals surface area contributed by atoms with Gasteiger partial charge in [-0.2, -0.15) is 5.26 Å². The molecular weight excluding hydrogens is 210 g/mol. The Balaban J connectivity index is 2.03. The Bertz CT molecular complexity index is 400. The molecule has 3 heteroatoms. The van der Waals surface area contributed by atoms with E-state index in [1.807, 2.05) is 24.3 Å². The molecule has 0 spiro atoms. The molecule has 0 aliphatic carbocycles. The van der Waals surface area contributed by atoms with Crippen molar-refractivity contribution in [3.05, 3.63) is 29.8 Å². The third-order valence-electron chi connectivity index (χ3n) is 3.35. The molecule has 0 atom stereocenters. The van der Waals surface area contributed by atoms with Crippen LogP contribution in [0.3, 0.4) is 0 Å². The van der Waals surface area contributed by atoms with Crippen molar-refractivity contribution < 1.29 is 0 Å². The Labute approximate surface area is 103 Å². The van der Waals surface area contributed by atoms with Gasteiger partial charge in [0.05, 0.1) is 11.3 Å². The highest BCUT2D eigenvalue weighted by atomic mass is 15.1. The fraction of sp³-hybridized carbons (Fsp3) is 0.500. The monoisotopic (exact) mass is 229 g/mol. The highest BCUT2D eigenvalue weighted by molar-refractivity contribution is 5.59. The first-order valence-corrected chi connectivity index (χ1v) is 6.32. The lowest BCUT2D eigenvalue weighted by Crippen LogP contribution is -2.42. The molecule has 1 aromatic carbocycles. The Morgan fingerprint density at radius 3 is 2.71 bits per heavy atom. The first-order valence-electron chi connectivity index (χ1n) is 6.32. The van der Waals surface area contributed by atoms with E-state index in [0.29, 0.717) is 6.04 Å². The summed E-state index contributed by atoms with van der Waals surface area (Å²) in [6, 6.07) is 10.8. The van der Waals surface area contributed by atoms with E-state index >= 15 is 0 Å². The van der Waals surface area contributed by atoms with Gasteiger partial charge in [0.15, 0.2) is 0 Å². The van der Waals surface area contributed by atoms with E-state index in [4.69, 9.17) is 5.26 Å². The second kappa shape index (κ2) is 5.70. The summed E-state index contributed by atoms with van der Waals surface area (Å²) in [5.41, 5.74) is 1.87. The number of hydrogen-bond donors (Lipinski definition) is 1. The number of para-hydroxylation sites is 1. The number of rotatable bonds is 3. The molecule has 1 fully saturated rings. The van der Waals surface area contributed by atoms with E-state index in [9.17, 15) is 0 Å². The maximum atomic E-state index is 9.10. The number of anilines is 1. The average molecular weight is 229 g/mol. The van der Waals surface area contributed by atoms with Gasteiger partial charge >= 0.3 is 0 Å². The van der Waals surface area contributed by atoms with Gasteiger partial charge in [-0.25, -0.2) is 0 Å². The van der Waals surface area contributed by atoms with Crippen LogP contribution in [-0.4, -0.2) is 25.7 Å². The van der Waals surface area contributed by atoms with Crippen LogP contribution in [0.25, 0.3) is 0 Å². The Hall–Kier alpha value is -1.53. The van der Waals surface area contributed by atoms with Gasteiger partial charge < -0.3 is 10.2 Å². The SMILES string of the molecule is CCNC1CCN(c2ccccc2C#N)CC1. The number of benzene rings is 1. The first kappa shape index (κ1) is 11.9. The highest BCUT2D eigenvalue weighted by Crippen LogP contribution is 2.23. The van der Waals surface area contributed by atoms with Crippen molar-refractivity contribution in [2.24, 2.45) is 0 Å². The molecule has 0 unspecified atom stereocenters. The minimum Gasteiger partial charge on any atom is -0.370 e. The Morgan fingerprint density at radius 1 is 1.35 bits per heavy atom. The molecule has 0 bridgehead atoms. The lowest BCUT2D eigenvalue weighted by molar-refractivity contribution is 0.424. The van der Waals surface area contributed by atoms with Crippen molar-refractivity contribution in [2.75, 3.05) is 24.5 Å². The van der Waals surface area contributed by atoms with Crippen molar-refractivity contribution in [3.8, 4) is 6.07 Å². The summed E-state index contributed by atoms with van der Waals surface area (Å²) in [4.78, 5) is 2.33. The molecule has 90 valence electrons. The number of piperidine rings is 1. The smallest absolute Gasteiger partial charge is 0.101 e. The maximum Gasteiger partial charge on any atom is 0.101 e. The van der Waals surface area contributed by atoms with Gasteiger partial charge in [0.2, 0.25) is 0 Å². The van der Waals surface area contributed by atoms with Crippen LogP contribution in [-0.2, 0) is 0 Å². The third-order valence-corrected chi connectivity index (χ3v) is 3.35. The van der Waals surface area contributed by atoms with Crippen LogP contribution in [0.15, 0.2) is 24.3 Å². The van der Waals surface area contributed by atoms with E-state index in [-0.39, 0.29) is 0 Å². The van der Waals surface area contributed by atoms with E-state index in [1.54, 1.807) is 0 Å². The molecule has 17 heavy (non-hydrogen) atoms. The molecule has 0 radical (unpaired) electrons. The second-order valence-electron chi connectivity index (χ2n) is 4.45. The number of nitrogens with zero attached hydrogens (tertiary/aromatic N) is 2. The topological polar surface area (TPSA) is 39.1 Å². The zero-order chi connectivity index (χ0) is 12.1. The van der Waals surface area contributed by atoms with Crippen LogP contribution < -0.4 is 10.2 Å². The maximum absolute atomic E-state index is 9.10. The lowest BCUT2D eigenvalue weighted by atomic mass is 10.0. The molecule has 2 rings (SSSR count). The lowest BCUT2D eigenvalue weighted by Gasteiger charge is -2.34. The number of nitrogens with one attached hydrogen (secondary N) is 1. The molecule has 1 aromatic rings. The average Bonchev–Trinajstić information content (AvgIpc) is 2.40. The Kier molecular flexibility index (Phi) is 4.00. The van der Waals surface area contributed by atoms with Crippen molar-refractivity contribution in [1.29, 1.82) is 5.26 Å². The molecular formula is C14H19N3. The minimum atomic E-state index is 0.644. The van der Waals surface area contributed by atoms with Crippen LogP contribution in [0.1, 0.15) is 25.3 Å². The molecule has 1 N–H and O–H groups in total. The van der Waals surface area contributed by atoms with Crippen molar-refractivity contribution in [2.45, 2.75) is 25.8 Å². The van der Waals surface area contributed by atoms with E-state index in [1.165, 1.54) is 0 Å². The summed E-state index contributed by atoms with van der Waals surface area (Å²) in [7, 11) is 0. The van der Waals surface area contributed by atoms with E-state index in [0.717, 1.165) is 43.7 Å². The standard InChI is InChI=1S/C14H19N3/c1-2-16-13-7-9-17(10-8-13)14-6-4-3-5-12(14)11-15/h3-6,13,16H,2,7-10H2,1H3. The molecule has 3 nitrogen and oxygen atoms in total. The molecule has 0 amide bonds. The molecule has 0 aromatic heterocycles. The zero-order valence-electron chi connectivity index (χ0n) is 10.3. The van der Waals surface area contributed by atoms with Crippen LogP contribution in [0.4, 0.5) is 5.69 Å². The summed E-state index contributed by atoms with van der Waals surface area (Å²) < 4.78 is 0. The second-order valence-corrected chi connectivity index (χ2v) is 4.45. The van der Waals surface area contributed by atoms with Crippen molar-refractivity contribution in [1.82, 2.24) is 5.32 Å². The number of hydrogen-bond acceptors (Lipinski definition) is 3. The van der Waals surface area contributed by atoms with Gasteiger partial charge in [0.25, 0.3) is 0 Å². The van der Waals surface area contributed by atoms with Crippen LogP contribution in [0.2, 0.25) is 0 Å². The van der Waals surface area contributed by atoms with Gasteiger partial charge in [-0.15, -0.1) is 0 Å². The van der Waals surface area contributed by atoms with Gasteiger partial charge in [-0.3, -0.25) is 0 Å². The van der Waals surface area contributed by atoms with Crippen molar-refractivity contribution >= 4 is 5.69 Å². The van der Waals surface area contributed by atoms with E-state index < -0.39 is 0 Å². The Morgan fingerprint density at radius 2 is 2.06 bits per heavy atom. The van der Waals surface area contributed by atoms with Crippen LogP contribution in [0.5, 0.6) is 0 Å². The number of nitriles is 1. The van der Waals surface area contributed by atoms with E-state index in [2.05, 4.69) is 23.2 Å². The van der Waals surface area contributed by atoms with Crippen LogP contribution >= 0.6 is 0 Å². The van der Waals surface area contributed by atoms with Gasteiger partial charge in [0, 0.05) is 19.1 Å². The predicted molar refractivity (Wildman–Crippen MR) is 70.1 cm³/mol. The predicted octanol–water partition coefficient (Wildman–Crippen LogP) is 2.14. The molecule has 1 saturated heterocycles. The van der Waals surface area contributed by atoms with Gasteiger partial charge in [-0.1, -0.05) is 19.1 Å². The molecule has 1 aliphatic rings. The summed E-state index contributed by atoms with van der Waals surface area (Å²) in [5.74, 6) is 0. The quantitative estimate of drug-likeness (QED) is 0.863. The first-order chi connectivity index (χ1) is 8.35. The fourth-order valence-corrected chi connectivity index (χ4v) is 2.46. The molecule has 0 saturated carbocycles. The van der Waals surface area contributed by atoms with Gasteiger partial charge in [-0.05, 0) is 31.5 Å². The van der Waals surface area contributed by atoms with Crippen LogP contribution in [0, 0.1) is 11.3 Å². The van der Waals surface area contributed by atoms with Crippen molar-refractivity contribution in [3.63, 3.8) is 0 Å².